The van der Waals surface area contributed by atoms with E-state index in [9.17, 15) is 4.79 Å². The molecule has 2 N–H and O–H groups in total. The molecule has 2 amide bonds. The molecule has 0 bridgehead atoms. The molecule has 3 rings (SSSR count). The number of methoxy groups -OCH3 is 3. The highest BCUT2D eigenvalue weighted by Crippen LogP contribution is 2.45. The van der Waals surface area contributed by atoms with Crippen LogP contribution >= 0.6 is 15.9 Å². The van der Waals surface area contributed by atoms with Gasteiger partial charge in [-0.1, -0.05) is 28.1 Å². The number of ether oxygens (including phenoxy) is 3. The van der Waals surface area contributed by atoms with Crippen LogP contribution in [0, 0.1) is 0 Å². The van der Waals surface area contributed by atoms with E-state index >= 15 is 0 Å². The lowest BCUT2D eigenvalue weighted by molar-refractivity contribution is 0.232. The maximum atomic E-state index is 12.6. The maximum Gasteiger partial charge on any atom is 0.315 e. The Kier molecular flexibility index (Phi) is 6.03. The first-order valence-electron chi connectivity index (χ1n) is 9.07. The fourth-order valence-electron chi connectivity index (χ4n) is 3.26. The minimum Gasteiger partial charge on any atom is -0.493 e. The molecule has 0 aromatic heterocycles. The molecule has 0 aliphatic heterocycles. The van der Waals surface area contributed by atoms with Crippen molar-refractivity contribution in [1.82, 2.24) is 10.6 Å². The fraction of sp³-hybridized carbons (Fsp3) is 0.381. The summed E-state index contributed by atoms with van der Waals surface area (Å²) in [4.78, 5) is 12.6. The molecule has 1 aliphatic carbocycles. The Morgan fingerprint density at radius 3 is 2.07 bits per heavy atom. The molecule has 2 aromatic carbocycles. The number of hydrogen-bond donors (Lipinski definition) is 2. The first kappa shape index (κ1) is 20.3. The summed E-state index contributed by atoms with van der Waals surface area (Å²) in [5.41, 5.74) is 1.70. The molecular weight excluding hydrogens is 424 g/mol. The van der Waals surface area contributed by atoms with Gasteiger partial charge >= 0.3 is 6.03 Å². The van der Waals surface area contributed by atoms with Crippen molar-refractivity contribution in [2.45, 2.75) is 31.3 Å². The molecule has 0 spiro atoms. The molecule has 6 nitrogen and oxygen atoms in total. The predicted octanol–water partition coefficient (Wildman–Crippen LogP) is 4.52. The van der Waals surface area contributed by atoms with Crippen LogP contribution in [0.25, 0.3) is 0 Å². The Hall–Kier alpha value is -2.41. The van der Waals surface area contributed by atoms with Crippen molar-refractivity contribution in [3.63, 3.8) is 0 Å². The van der Waals surface area contributed by atoms with Crippen LogP contribution < -0.4 is 24.8 Å². The standard InChI is InChI=1S/C21H25BrN2O4/c1-13(14-11-17(26-2)19(28-4)18(12-14)27-3)23-20(25)24-21(9-10-21)15-5-7-16(22)8-6-15/h5-8,11-13H,9-10H2,1-4H3,(H2,23,24,25). The van der Waals surface area contributed by atoms with Crippen LogP contribution in [0.3, 0.4) is 0 Å². The van der Waals surface area contributed by atoms with Crippen molar-refractivity contribution < 1.29 is 19.0 Å². The number of carbonyl (C=O) groups excluding carboxylic acids is 1. The van der Waals surface area contributed by atoms with E-state index in [1.807, 2.05) is 43.3 Å². The molecular formula is C21H25BrN2O4. The predicted molar refractivity (Wildman–Crippen MR) is 111 cm³/mol. The number of benzene rings is 2. The molecule has 0 radical (unpaired) electrons. The van der Waals surface area contributed by atoms with Gasteiger partial charge in [0.05, 0.1) is 32.9 Å². The van der Waals surface area contributed by atoms with E-state index in [-0.39, 0.29) is 17.6 Å². The summed E-state index contributed by atoms with van der Waals surface area (Å²) in [6.45, 7) is 1.92. The van der Waals surface area contributed by atoms with Crippen molar-refractivity contribution in [3.05, 3.63) is 52.0 Å². The zero-order valence-corrected chi connectivity index (χ0v) is 18.1. The molecule has 1 atom stereocenters. The van der Waals surface area contributed by atoms with Gasteiger partial charge in [-0.05, 0) is 55.2 Å². The van der Waals surface area contributed by atoms with E-state index in [2.05, 4.69) is 26.6 Å². The Balaban J connectivity index is 1.71. The average molecular weight is 449 g/mol. The minimum atomic E-state index is -0.278. The topological polar surface area (TPSA) is 68.8 Å². The zero-order chi connectivity index (χ0) is 20.3. The second-order valence-electron chi connectivity index (χ2n) is 6.87. The number of amides is 2. The van der Waals surface area contributed by atoms with Gasteiger partial charge < -0.3 is 24.8 Å². The van der Waals surface area contributed by atoms with E-state index in [1.165, 1.54) is 0 Å². The summed E-state index contributed by atoms with van der Waals surface area (Å²) < 4.78 is 17.2. The van der Waals surface area contributed by atoms with Crippen LogP contribution in [-0.4, -0.2) is 27.4 Å². The van der Waals surface area contributed by atoms with E-state index in [0.29, 0.717) is 17.2 Å². The number of rotatable bonds is 7. The van der Waals surface area contributed by atoms with E-state index in [1.54, 1.807) is 21.3 Å². The molecule has 0 saturated heterocycles. The molecule has 0 heterocycles. The Morgan fingerprint density at radius 1 is 1.04 bits per heavy atom. The average Bonchev–Trinajstić information content (AvgIpc) is 3.47. The van der Waals surface area contributed by atoms with Crippen molar-refractivity contribution >= 4 is 22.0 Å². The minimum absolute atomic E-state index is 0.207. The first-order valence-corrected chi connectivity index (χ1v) is 9.86. The number of carbonyl (C=O) groups is 1. The Morgan fingerprint density at radius 2 is 1.61 bits per heavy atom. The third-order valence-corrected chi connectivity index (χ3v) is 5.56. The van der Waals surface area contributed by atoms with Gasteiger partial charge in [-0.2, -0.15) is 0 Å². The highest BCUT2D eigenvalue weighted by molar-refractivity contribution is 9.10. The lowest BCUT2D eigenvalue weighted by atomic mass is 10.1. The molecule has 1 saturated carbocycles. The van der Waals surface area contributed by atoms with Crippen LogP contribution in [0.15, 0.2) is 40.9 Å². The molecule has 7 heteroatoms. The summed E-state index contributed by atoms with van der Waals surface area (Å²) in [5.74, 6) is 1.64. The van der Waals surface area contributed by atoms with Crippen molar-refractivity contribution in [1.29, 1.82) is 0 Å². The van der Waals surface area contributed by atoms with Gasteiger partial charge in [0.25, 0.3) is 0 Å². The highest BCUT2D eigenvalue weighted by atomic mass is 79.9. The molecule has 150 valence electrons. The van der Waals surface area contributed by atoms with E-state index in [0.717, 1.165) is 28.4 Å². The van der Waals surface area contributed by atoms with Gasteiger partial charge in [-0.25, -0.2) is 4.79 Å². The zero-order valence-electron chi connectivity index (χ0n) is 16.5. The molecule has 2 aromatic rings. The lowest BCUT2D eigenvalue weighted by Crippen LogP contribution is -2.43. The summed E-state index contributed by atoms with van der Waals surface area (Å²) in [6.07, 6.45) is 1.86. The monoisotopic (exact) mass is 448 g/mol. The fourth-order valence-corrected chi connectivity index (χ4v) is 3.53. The Labute approximate surface area is 173 Å². The molecule has 1 unspecified atom stereocenters. The van der Waals surface area contributed by atoms with Crippen LogP contribution in [0.4, 0.5) is 4.79 Å². The van der Waals surface area contributed by atoms with Gasteiger partial charge in [0.15, 0.2) is 11.5 Å². The maximum absolute atomic E-state index is 12.6. The smallest absolute Gasteiger partial charge is 0.315 e. The summed E-state index contributed by atoms with van der Waals surface area (Å²) in [5, 5.41) is 6.13. The number of nitrogens with one attached hydrogen (secondary N) is 2. The quantitative estimate of drug-likeness (QED) is 0.652. The van der Waals surface area contributed by atoms with Crippen LogP contribution in [0.1, 0.15) is 36.9 Å². The van der Waals surface area contributed by atoms with Crippen molar-refractivity contribution in [2.75, 3.05) is 21.3 Å². The van der Waals surface area contributed by atoms with Crippen LogP contribution in [0.5, 0.6) is 17.2 Å². The number of urea groups is 1. The van der Waals surface area contributed by atoms with E-state index < -0.39 is 0 Å². The molecule has 28 heavy (non-hydrogen) atoms. The van der Waals surface area contributed by atoms with Gasteiger partial charge in [0.2, 0.25) is 5.75 Å². The molecule has 1 aliphatic rings. The highest BCUT2D eigenvalue weighted by Gasteiger charge is 2.45. The third-order valence-electron chi connectivity index (χ3n) is 5.03. The van der Waals surface area contributed by atoms with Gasteiger partial charge in [-0.15, -0.1) is 0 Å². The van der Waals surface area contributed by atoms with Gasteiger partial charge in [-0.3, -0.25) is 0 Å². The number of hydrogen-bond acceptors (Lipinski definition) is 4. The summed E-state index contributed by atoms with van der Waals surface area (Å²) in [6, 6.07) is 11.3. The van der Waals surface area contributed by atoms with Crippen LogP contribution in [-0.2, 0) is 5.54 Å². The second kappa shape index (κ2) is 8.31. The first-order chi connectivity index (χ1) is 13.4. The van der Waals surface area contributed by atoms with Crippen molar-refractivity contribution in [3.8, 4) is 17.2 Å². The lowest BCUT2D eigenvalue weighted by Gasteiger charge is -2.22. The largest absolute Gasteiger partial charge is 0.493 e. The SMILES string of the molecule is COc1cc(C(C)NC(=O)NC2(c3ccc(Br)cc3)CC2)cc(OC)c1OC. The normalized spacial score (nSPS) is 15.3. The molecule has 1 fully saturated rings. The van der Waals surface area contributed by atoms with Gasteiger partial charge in [0, 0.05) is 4.47 Å². The van der Waals surface area contributed by atoms with Gasteiger partial charge in [0.1, 0.15) is 0 Å². The third kappa shape index (κ3) is 4.19. The van der Waals surface area contributed by atoms with E-state index in [4.69, 9.17) is 14.2 Å². The summed E-state index contributed by atoms with van der Waals surface area (Å²) in [7, 11) is 4.70. The summed E-state index contributed by atoms with van der Waals surface area (Å²) >= 11 is 3.45. The number of halogens is 1. The second-order valence-corrected chi connectivity index (χ2v) is 7.78. The Bertz CT molecular complexity index is 825. The van der Waals surface area contributed by atoms with Crippen LogP contribution in [0.2, 0.25) is 0 Å². The van der Waals surface area contributed by atoms with Crippen molar-refractivity contribution in [2.24, 2.45) is 0 Å².